The van der Waals surface area contributed by atoms with E-state index in [2.05, 4.69) is 23.2 Å². The molecule has 0 spiro atoms. The van der Waals surface area contributed by atoms with Crippen molar-refractivity contribution >= 4 is 5.69 Å². The lowest BCUT2D eigenvalue weighted by Gasteiger charge is -2.32. The van der Waals surface area contributed by atoms with E-state index in [1.165, 1.54) is 0 Å². The Kier molecular flexibility index (Phi) is 4.22. The summed E-state index contributed by atoms with van der Waals surface area (Å²) in [6, 6.07) is 8.82. The first-order chi connectivity index (χ1) is 8.74. The molecule has 0 aromatic heterocycles. The Morgan fingerprint density at radius 1 is 1.39 bits per heavy atom. The van der Waals surface area contributed by atoms with E-state index in [1.807, 2.05) is 25.1 Å². The quantitative estimate of drug-likeness (QED) is 0.887. The van der Waals surface area contributed by atoms with Gasteiger partial charge in [0, 0.05) is 19.1 Å². The van der Waals surface area contributed by atoms with Crippen LogP contribution >= 0.6 is 0 Å². The minimum atomic E-state index is 0.502. The van der Waals surface area contributed by atoms with E-state index in [0.29, 0.717) is 6.04 Å². The van der Waals surface area contributed by atoms with Gasteiger partial charge in [0.05, 0.1) is 11.3 Å². The Bertz CT molecular complexity index is 440. The highest BCUT2D eigenvalue weighted by molar-refractivity contribution is 5.61. The van der Waals surface area contributed by atoms with Gasteiger partial charge in [-0.15, -0.1) is 0 Å². The van der Waals surface area contributed by atoms with E-state index in [0.717, 1.165) is 49.3 Å². The van der Waals surface area contributed by atoms with Gasteiger partial charge in [0.2, 0.25) is 0 Å². The topological polar surface area (TPSA) is 39.1 Å². The summed E-state index contributed by atoms with van der Waals surface area (Å²) in [6.45, 7) is 7.65. The van der Waals surface area contributed by atoms with Crippen LogP contribution in [0.2, 0.25) is 0 Å². The van der Waals surface area contributed by atoms with Gasteiger partial charge >= 0.3 is 0 Å². The zero-order valence-electron chi connectivity index (χ0n) is 11.2. The van der Waals surface area contributed by atoms with Gasteiger partial charge < -0.3 is 10.2 Å². The summed E-state index contributed by atoms with van der Waals surface area (Å²) in [5.41, 5.74) is 2.83. The fourth-order valence-corrected chi connectivity index (χ4v) is 2.55. The lowest BCUT2D eigenvalue weighted by Crippen LogP contribution is -2.38. The first-order valence-corrected chi connectivity index (χ1v) is 6.73. The lowest BCUT2D eigenvalue weighted by atomic mass is 10.0. The predicted molar refractivity (Wildman–Crippen MR) is 74.7 cm³/mol. The van der Waals surface area contributed by atoms with Crippen LogP contribution in [0.3, 0.4) is 0 Å². The SMILES string of the molecule is CCN1CCC(Nc2cccc(C)c2C#N)CC1. The van der Waals surface area contributed by atoms with Crippen molar-refractivity contribution in [3.63, 3.8) is 0 Å². The van der Waals surface area contributed by atoms with Crippen molar-refractivity contribution in [1.82, 2.24) is 4.90 Å². The summed E-state index contributed by atoms with van der Waals surface area (Å²) in [7, 11) is 0. The molecule has 0 saturated carbocycles. The van der Waals surface area contributed by atoms with E-state index in [9.17, 15) is 5.26 Å². The Labute approximate surface area is 109 Å². The summed E-state index contributed by atoms with van der Waals surface area (Å²) >= 11 is 0. The molecule has 0 bridgehead atoms. The van der Waals surface area contributed by atoms with Gasteiger partial charge in [-0.25, -0.2) is 0 Å². The summed E-state index contributed by atoms with van der Waals surface area (Å²) in [5, 5.41) is 12.7. The molecule has 3 nitrogen and oxygen atoms in total. The molecule has 1 aliphatic rings. The second-order valence-corrected chi connectivity index (χ2v) is 4.96. The van der Waals surface area contributed by atoms with Gasteiger partial charge in [-0.1, -0.05) is 19.1 Å². The maximum absolute atomic E-state index is 9.21. The molecule has 18 heavy (non-hydrogen) atoms. The average Bonchev–Trinajstić information content (AvgIpc) is 2.40. The summed E-state index contributed by atoms with van der Waals surface area (Å²) in [5.74, 6) is 0. The molecule has 96 valence electrons. The van der Waals surface area contributed by atoms with Crippen molar-refractivity contribution in [3.05, 3.63) is 29.3 Å². The predicted octanol–water partition coefficient (Wildman–Crippen LogP) is 2.76. The third-order valence-electron chi connectivity index (χ3n) is 3.78. The first kappa shape index (κ1) is 12.9. The Morgan fingerprint density at radius 3 is 2.72 bits per heavy atom. The number of hydrogen-bond acceptors (Lipinski definition) is 3. The molecule has 1 aromatic rings. The van der Waals surface area contributed by atoms with Gasteiger partial charge in [-0.05, 0) is 37.9 Å². The van der Waals surface area contributed by atoms with Gasteiger partial charge in [0.25, 0.3) is 0 Å². The smallest absolute Gasteiger partial charge is 0.102 e. The van der Waals surface area contributed by atoms with Crippen LogP contribution in [0.25, 0.3) is 0 Å². The maximum Gasteiger partial charge on any atom is 0.102 e. The summed E-state index contributed by atoms with van der Waals surface area (Å²) < 4.78 is 0. The molecule has 1 heterocycles. The van der Waals surface area contributed by atoms with Crippen molar-refractivity contribution in [3.8, 4) is 6.07 Å². The zero-order chi connectivity index (χ0) is 13.0. The van der Waals surface area contributed by atoms with Gasteiger partial charge in [-0.2, -0.15) is 5.26 Å². The highest BCUT2D eigenvalue weighted by atomic mass is 15.1. The zero-order valence-corrected chi connectivity index (χ0v) is 11.2. The number of likely N-dealkylation sites (tertiary alicyclic amines) is 1. The molecule has 3 heteroatoms. The highest BCUT2D eigenvalue weighted by Crippen LogP contribution is 2.22. The van der Waals surface area contributed by atoms with Crippen molar-refractivity contribution < 1.29 is 0 Å². The van der Waals surface area contributed by atoms with E-state index in [4.69, 9.17) is 0 Å². The monoisotopic (exact) mass is 243 g/mol. The molecule has 1 aliphatic heterocycles. The second-order valence-electron chi connectivity index (χ2n) is 4.96. The summed E-state index contributed by atoms with van der Waals surface area (Å²) in [4.78, 5) is 2.47. The molecular weight excluding hydrogens is 222 g/mol. The molecular formula is C15H21N3. The fourth-order valence-electron chi connectivity index (χ4n) is 2.55. The number of rotatable bonds is 3. The van der Waals surface area contributed by atoms with Gasteiger partial charge in [0.15, 0.2) is 0 Å². The molecule has 1 N–H and O–H groups in total. The average molecular weight is 243 g/mol. The van der Waals surface area contributed by atoms with E-state index >= 15 is 0 Å². The normalized spacial score (nSPS) is 17.4. The molecule has 1 aromatic carbocycles. The van der Waals surface area contributed by atoms with Crippen LogP contribution in [0.4, 0.5) is 5.69 Å². The standard InChI is InChI=1S/C15H21N3/c1-3-18-9-7-13(8-10-18)17-15-6-4-5-12(2)14(15)11-16/h4-6,13,17H,3,7-10H2,1-2H3. The molecule has 1 fully saturated rings. The minimum Gasteiger partial charge on any atom is -0.381 e. The molecule has 0 atom stereocenters. The number of hydrogen-bond donors (Lipinski definition) is 1. The number of nitrogens with zero attached hydrogens (tertiary/aromatic N) is 2. The van der Waals surface area contributed by atoms with Crippen LogP contribution in [0.15, 0.2) is 18.2 Å². The third kappa shape index (κ3) is 2.83. The molecule has 1 saturated heterocycles. The van der Waals surface area contributed by atoms with Crippen LogP contribution < -0.4 is 5.32 Å². The largest absolute Gasteiger partial charge is 0.381 e. The van der Waals surface area contributed by atoms with Crippen LogP contribution in [-0.2, 0) is 0 Å². The van der Waals surface area contributed by atoms with Crippen molar-refractivity contribution in [1.29, 1.82) is 5.26 Å². The van der Waals surface area contributed by atoms with Crippen molar-refractivity contribution in [2.75, 3.05) is 25.0 Å². The molecule has 2 rings (SSSR count). The van der Waals surface area contributed by atoms with E-state index < -0.39 is 0 Å². The van der Waals surface area contributed by atoms with Crippen LogP contribution in [0.1, 0.15) is 30.9 Å². The Hall–Kier alpha value is -1.53. The Balaban J connectivity index is 2.03. The van der Waals surface area contributed by atoms with E-state index in [-0.39, 0.29) is 0 Å². The number of aryl methyl sites for hydroxylation is 1. The van der Waals surface area contributed by atoms with Gasteiger partial charge in [0.1, 0.15) is 6.07 Å². The number of nitriles is 1. The van der Waals surface area contributed by atoms with Crippen LogP contribution in [0, 0.1) is 18.3 Å². The lowest BCUT2D eigenvalue weighted by molar-refractivity contribution is 0.229. The molecule has 0 radical (unpaired) electrons. The summed E-state index contributed by atoms with van der Waals surface area (Å²) in [6.07, 6.45) is 2.32. The van der Waals surface area contributed by atoms with Gasteiger partial charge in [-0.3, -0.25) is 0 Å². The second kappa shape index (κ2) is 5.88. The Morgan fingerprint density at radius 2 is 2.11 bits per heavy atom. The van der Waals surface area contributed by atoms with E-state index in [1.54, 1.807) is 0 Å². The molecule has 0 amide bonds. The third-order valence-corrected chi connectivity index (χ3v) is 3.78. The maximum atomic E-state index is 9.21. The molecule has 0 aliphatic carbocycles. The van der Waals surface area contributed by atoms with Crippen molar-refractivity contribution in [2.45, 2.75) is 32.7 Å². The number of nitrogens with one attached hydrogen (secondary N) is 1. The fraction of sp³-hybridized carbons (Fsp3) is 0.533. The number of piperidine rings is 1. The number of anilines is 1. The van der Waals surface area contributed by atoms with Crippen molar-refractivity contribution in [2.24, 2.45) is 0 Å². The highest BCUT2D eigenvalue weighted by Gasteiger charge is 2.18. The minimum absolute atomic E-state index is 0.502. The number of benzene rings is 1. The molecule has 0 unspecified atom stereocenters. The van der Waals surface area contributed by atoms with Crippen LogP contribution in [0.5, 0.6) is 0 Å². The first-order valence-electron chi connectivity index (χ1n) is 6.73. The van der Waals surface area contributed by atoms with Crippen LogP contribution in [-0.4, -0.2) is 30.6 Å².